The fourth-order valence-corrected chi connectivity index (χ4v) is 5.52. The van der Waals surface area contributed by atoms with E-state index in [4.69, 9.17) is 0 Å². The van der Waals surface area contributed by atoms with Crippen LogP contribution in [-0.2, 0) is 21.1 Å². The van der Waals surface area contributed by atoms with Gasteiger partial charge in [0.25, 0.3) is 0 Å². The largest absolute Gasteiger partial charge is 0.356 e. The predicted molar refractivity (Wildman–Crippen MR) is 86.5 cm³/mol. The molecular formula is C17H23NO3S. The SMILES string of the molecule is O=C(C[C@@H]1CCCc2ccccc21)NC[C@@H]1CCS(=O)(=O)C1. The number of amides is 1. The smallest absolute Gasteiger partial charge is 0.220 e. The molecule has 1 heterocycles. The molecule has 0 spiro atoms. The van der Waals surface area contributed by atoms with E-state index in [-0.39, 0.29) is 23.3 Å². The van der Waals surface area contributed by atoms with Gasteiger partial charge in [-0.2, -0.15) is 0 Å². The summed E-state index contributed by atoms with van der Waals surface area (Å²) in [6.45, 7) is 0.492. The quantitative estimate of drug-likeness (QED) is 0.923. The van der Waals surface area contributed by atoms with E-state index in [1.165, 1.54) is 11.1 Å². The summed E-state index contributed by atoms with van der Waals surface area (Å²) in [5.74, 6) is 0.930. The molecule has 1 fully saturated rings. The van der Waals surface area contributed by atoms with Gasteiger partial charge in [0.05, 0.1) is 11.5 Å². The van der Waals surface area contributed by atoms with Crippen molar-refractivity contribution in [1.82, 2.24) is 5.32 Å². The van der Waals surface area contributed by atoms with Crippen molar-refractivity contribution < 1.29 is 13.2 Å². The number of hydrogen-bond donors (Lipinski definition) is 1. The van der Waals surface area contributed by atoms with E-state index in [1.54, 1.807) is 0 Å². The first kappa shape index (κ1) is 15.5. The van der Waals surface area contributed by atoms with Gasteiger partial charge in [-0.15, -0.1) is 0 Å². The van der Waals surface area contributed by atoms with E-state index < -0.39 is 9.84 Å². The number of benzene rings is 1. The second-order valence-corrected chi connectivity index (χ2v) is 8.79. The average molecular weight is 321 g/mol. The van der Waals surface area contributed by atoms with Crippen LogP contribution in [0, 0.1) is 5.92 Å². The molecule has 22 heavy (non-hydrogen) atoms. The molecule has 0 unspecified atom stereocenters. The molecule has 0 aromatic heterocycles. The van der Waals surface area contributed by atoms with Crippen molar-refractivity contribution in [3.8, 4) is 0 Å². The van der Waals surface area contributed by atoms with Crippen LogP contribution in [-0.4, -0.2) is 32.4 Å². The van der Waals surface area contributed by atoms with Gasteiger partial charge in [0.15, 0.2) is 9.84 Å². The minimum Gasteiger partial charge on any atom is -0.356 e. The lowest BCUT2D eigenvalue weighted by atomic mass is 9.81. The summed E-state index contributed by atoms with van der Waals surface area (Å²) in [7, 11) is -2.86. The van der Waals surface area contributed by atoms with Crippen molar-refractivity contribution in [1.29, 1.82) is 0 Å². The van der Waals surface area contributed by atoms with Crippen LogP contribution < -0.4 is 5.32 Å². The third-order valence-electron chi connectivity index (χ3n) is 4.84. The molecule has 2 atom stereocenters. The van der Waals surface area contributed by atoms with Crippen LogP contribution in [0.1, 0.15) is 42.7 Å². The molecule has 0 bridgehead atoms. The topological polar surface area (TPSA) is 63.2 Å². The molecular weight excluding hydrogens is 298 g/mol. The standard InChI is InChI=1S/C17H23NO3S/c19-17(18-11-13-8-9-22(20,21)12-13)10-15-6-3-5-14-4-1-2-7-16(14)15/h1-2,4,7,13,15H,3,5-6,8-12H2,(H,18,19)/t13-,15-/m0/s1. The third kappa shape index (κ3) is 3.69. The van der Waals surface area contributed by atoms with E-state index in [0.29, 0.717) is 25.3 Å². The van der Waals surface area contributed by atoms with E-state index in [9.17, 15) is 13.2 Å². The fourth-order valence-electron chi connectivity index (χ4n) is 3.65. The van der Waals surface area contributed by atoms with Crippen molar-refractivity contribution in [2.45, 2.75) is 38.0 Å². The van der Waals surface area contributed by atoms with Gasteiger partial charge in [-0.05, 0) is 48.6 Å². The number of carbonyl (C=O) groups excluding carboxylic acids is 1. The molecule has 1 N–H and O–H groups in total. The maximum absolute atomic E-state index is 12.2. The maximum atomic E-state index is 12.2. The van der Waals surface area contributed by atoms with Gasteiger partial charge in [0.2, 0.25) is 5.91 Å². The zero-order chi connectivity index (χ0) is 15.6. The monoisotopic (exact) mass is 321 g/mol. The average Bonchev–Trinajstić information content (AvgIpc) is 2.85. The summed E-state index contributed by atoms with van der Waals surface area (Å²) in [5.41, 5.74) is 2.68. The molecule has 1 aromatic rings. The second kappa shape index (κ2) is 6.41. The summed E-state index contributed by atoms with van der Waals surface area (Å²) in [6.07, 6.45) is 4.48. The van der Waals surface area contributed by atoms with Crippen LogP contribution in [0.3, 0.4) is 0 Å². The Bertz CT molecular complexity index is 654. The number of hydrogen-bond acceptors (Lipinski definition) is 3. The number of aryl methyl sites for hydroxylation is 1. The molecule has 0 radical (unpaired) electrons. The number of nitrogens with one attached hydrogen (secondary N) is 1. The molecule has 120 valence electrons. The van der Waals surface area contributed by atoms with Gasteiger partial charge in [-0.3, -0.25) is 4.79 Å². The Morgan fingerprint density at radius 1 is 1.23 bits per heavy atom. The highest BCUT2D eigenvalue weighted by Gasteiger charge is 2.28. The maximum Gasteiger partial charge on any atom is 0.220 e. The Morgan fingerprint density at radius 3 is 2.82 bits per heavy atom. The fraction of sp³-hybridized carbons (Fsp3) is 0.588. The lowest BCUT2D eigenvalue weighted by Gasteiger charge is -2.25. The minimum absolute atomic E-state index is 0.0472. The molecule has 1 aliphatic heterocycles. The van der Waals surface area contributed by atoms with Gasteiger partial charge in [0.1, 0.15) is 0 Å². The molecule has 0 saturated carbocycles. The first-order chi connectivity index (χ1) is 10.5. The third-order valence-corrected chi connectivity index (χ3v) is 6.68. The number of rotatable bonds is 4. The molecule has 1 saturated heterocycles. The van der Waals surface area contributed by atoms with Gasteiger partial charge in [-0.25, -0.2) is 8.42 Å². The van der Waals surface area contributed by atoms with E-state index in [0.717, 1.165) is 19.3 Å². The van der Waals surface area contributed by atoms with Crippen LogP contribution in [0.4, 0.5) is 0 Å². The molecule has 5 heteroatoms. The number of fused-ring (bicyclic) bond motifs is 1. The second-order valence-electron chi connectivity index (χ2n) is 6.57. The Labute approximate surface area is 132 Å². The highest BCUT2D eigenvalue weighted by molar-refractivity contribution is 7.91. The summed E-state index contributed by atoms with van der Waals surface area (Å²) >= 11 is 0. The molecule has 4 nitrogen and oxygen atoms in total. The van der Waals surface area contributed by atoms with Crippen LogP contribution in [0.25, 0.3) is 0 Å². The minimum atomic E-state index is -2.86. The Morgan fingerprint density at radius 2 is 2.05 bits per heavy atom. The van der Waals surface area contributed by atoms with Crippen molar-refractivity contribution in [2.75, 3.05) is 18.1 Å². The molecule has 1 aliphatic carbocycles. The highest BCUT2D eigenvalue weighted by atomic mass is 32.2. The number of carbonyl (C=O) groups is 1. The van der Waals surface area contributed by atoms with Gasteiger partial charge in [-0.1, -0.05) is 24.3 Å². The lowest BCUT2D eigenvalue weighted by molar-refractivity contribution is -0.121. The summed E-state index contributed by atoms with van der Waals surface area (Å²) in [5, 5.41) is 2.94. The van der Waals surface area contributed by atoms with Crippen LogP contribution >= 0.6 is 0 Å². The first-order valence-electron chi connectivity index (χ1n) is 8.08. The van der Waals surface area contributed by atoms with E-state index in [1.807, 2.05) is 6.07 Å². The number of sulfone groups is 1. The molecule has 1 aromatic carbocycles. The summed E-state index contributed by atoms with van der Waals surface area (Å²) < 4.78 is 22.9. The summed E-state index contributed by atoms with van der Waals surface area (Å²) in [6, 6.07) is 8.39. The first-order valence-corrected chi connectivity index (χ1v) is 9.90. The van der Waals surface area contributed by atoms with Crippen LogP contribution in [0.2, 0.25) is 0 Å². The van der Waals surface area contributed by atoms with E-state index >= 15 is 0 Å². The van der Waals surface area contributed by atoms with Crippen molar-refractivity contribution in [2.24, 2.45) is 5.92 Å². The van der Waals surface area contributed by atoms with E-state index in [2.05, 4.69) is 23.5 Å². The van der Waals surface area contributed by atoms with Crippen LogP contribution in [0.15, 0.2) is 24.3 Å². The Kier molecular flexibility index (Phi) is 4.52. The Hall–Kier alpha value is -1.36. The van der Waals surface area contributed by atoms with Crippen molar-refractivity contribution in [3.05, 3.63) is 35.4 Å². The van der Waals surface area contributed by atoms with Crippen LogP contribution in [0.5, 0.6) is 0 Å². The van der Waals surface area contributed by atoms with Gasteiger partial charge in [0, 0.05) is 13.0 Å². The molecule has 2 aliphatic rings. The predicted octanol–water partition coefficient (Wildman–Crippen LogP) is 2.05. The summed E-state index contributed by atoms with van der Waals surface area (Å²) in [4.78, 5) is 12.2. The van der Waals surface area contributed by atoms with Gasteiger partial charge < -0.3 is 5.32 Å². The van der Waals surface area contributed by atoms with Crippen molar-refractivity contribution >= 4 is 15.7 Å². The zero-order valence-corrected chi connectivity index (χ0v) is 13.6. The zero-order valence-electron chi connectivity index (χ0n) is 12.8. The highest BCUT2D eigenvalue weighted by Crippen LogP contribution is 2.33. The normalized spacial score (nSPS) is 26.4. The molecule has 1 amide bonds. The molecule has 3 rings (SSSR count). The Balaban J connectivity index is 1.53. The van der Waals surface area contributed by atoms with Gasteiger partial charge >= 0.3 is 0 Å². The lowest BCUT2D eigenvalue weighted by Crippen LogP contribution is -2.31. The van der Waals surface area contributed by atoms with Crippen molar-refractivity contribution in [3.63, 3.8) is 0 Å².